The van der Waals surface area contributed by atoms with Crippen molar-refractivity contribution < 1.29 is 14.3 Å². The first kappa shape index (κ1) is 16.8. The number of piperidine rings is 1. The number of likely N-dealkylation sites (tertiary alicyclic amines) is 1. The summed E-state index contributed by atoms with van der Waals surface area (Å²) in [6.45, 7) is 4.54. The fraction of sp³-hybridized carbons (Fsp3) is 0.556. The van der Waals surface area contributed by atoms with Crippen molar-refractivity contribution in [1.29, 1.82) is 0 Å². The second-order valence-corrected chi connectivity index (χ2v) is 6.28. The van der Waals surface area contributed by atoms with Gasteiger partial charge in [0.1, 0.15) is 6.42 Å². The monoisotopic (exact) mass is 331 g/mol. The van der Waals surface area contributed by atoms with Crippen molar-refractivity contribution in [3.05, 3.63) is 24.3 Å². The maximum Gasteiger partial charge on any atom is 0.233 e. The Kier molecular flexibility index (Phi) is 5.69. The molecule has 1 N–H and O–H groups in total. The summed E-state index contributed by atoms with van der Waals surface area (Å²) < 4.78 is 5.38. The Labute approximate surface area is 142 Å². The van der Waals surface area contributed by atoms with Crippen molar-refractivity contribution in [2.24, 2.45) is 0 Å². The van der Waals surface area contributed by atoms with Crippen molar-refractivity contribution in [3.8, 4) is 0 Å². The molecule has 1 aromatic rings. The number of carbonyl (C=O) groups excluding carboxylic acids is 2. The third-order valence-electron chi connectivity index (χ3n) is 4.55. The van der Waals surface area contributed by atoms with Gasteiger partial charge in [0.15, 0.2) is 0 Å². The molecule has 2 fully saturated rings. The summed E-state index contributed by atoms with van der Waals surface area (Å²) in [7, 11) is 0. The minimum atomic E-state index is -0.244. The number of nitrogens with zero attached hydrogens (tertiary/aromatic N) is 2. The molecule has 0 saturated carbocycles. The van der Waals surface area contributed by atoms with Crippen LogP contribution in [0.25, 0.3) is 0 Å². The predicted octanol–water partition coefficient (Wildman–Crippen LogP) is 1.86. The molecule has 1 aromatic carbocycles. The molecule has 0 aromatic heterocycles. The molecule has 24 heavy (non-hydrogen) atoms. The van der Waals surface area contributed by atoms with Gasteiger partial charge in [-0.1, -0.05) is 12.1 Å². The normalized spacial score (nSPS) is 18.3. The Hall–Kier alpha value is -2.08. The van der Waals surface area contributed by atoms with Crippen LogP contribution in [0.2, 0.25) is 0 Å². The van der Waals surface area contributed by atoms with Crippen LogP contribution in [0.4, 0.5) is 11.4 Å². The van der Waals surface area contributed by atoms with E-state index in [0.29, 0.717) is 13.2 Å². The van der Waals surface area contributed by atoms with Gasteiger partial charge >= 0.3 is 0 Å². The highest BCUT2D eigenvalue weighted by atomic mass is 16.5. The Bertz CT molecular complexity index is 579. The van der Waals surface area contributed by atoms with Crippen LogP contribution in [-0.2, 0) is 14.3 Å². The van der Waals surface area contributed by atoms with Crippen molar-refractivity contribution in [3.63, 3.8) is 0 Å². The lowest BCUT2D eigenvalue weighted by Crippen LogP contribution is -2.38. The van der Waals surface area contributed by atoms with Crippen LogP contribution in [0.3, 0.4) is 0 Å². The molecule has 6 heteroatoms. The molecular formula is C18H25N3O3. The third-order valence-corrected chi connectivity index (χ3v) is 4.55. The summed E-state index contributed by atoms with van der Waals surface area (Å²) in [5, 5.41) is 2.91. The number of anilines is 2. The average molecular weight is 331 g/mol. The zero-order valence-corrected chi connectivity index (χ0v) is 14.0. The molecule has 0 bridgehead atoms. The minimum Gasteiger partial charge on any atom is -0.378 e. The highest BCUT2D eigenvalue weighted by Crippen LogP contribution is 2.26. The first-order valence-electron chi connectivity index (χ1n) is 8.73. The molecule has 0 aliphatic carbocycles. The lowest BCUT2D eigenvalue weighted by Gasteiger charge is -2.30. The van der Waals surface area contributed by atoms with Gasteiger partial charge < -0.3 is 19.9 Å². The van der Waals surface area contributed by atoms with Crippen LogP contribution in [0, 0.1) is 0 Å². The summed E-state index contributed by atoms with van der Waals surface area (Å²) in [4.78, 5) is 28.5. The van der Waals surface area contributed by atoms with Crippen molar-refractivity contribution in [2.45, 2.75) is 25.7 Å². The van der Waals surface area contributed by atoms with E-state index in [1.807, 2.05) is 24.3 Å². The van der Waals surface area contributed by atoms with Crippen molar-refractivity contribution in [2.75, 3.05) is 49.6 Å². The predicted molar refractivity (Wildman–Crippen MR) is 93.2 cm³/mol. The van der Waals surface area contributed by atoms with Gasteiger partial charge in [-0.25, -0.2) is 0 Å². The topological polar surface area (TPSA) is 61.9 Å². The number of para-hydroxylation sites is 2. The maximum atomic E-state index is 12.3. The Balaban J connectivity index is 1.60. The molecule has 2 aliphatic rings. The van der Waals surface area contributed by atoms with E-state index in [1.165, 1.54) is 6.42 Å². The molecule has 0 radical (unpaired) electrons. The average Bonchev–Trinajstić information content (AvgIpc) is 2.63. The Morgan fingerprint density at radius 1 is 1.00 bits per heavy atom. The summed E-state index contributed by atoms with van der Waals surface area (Å²) >= 11 is 0. The van der Waals surface area contributed by atoms with Crippen molar-refractivity contribution >= 4 is 23.2 Å². The van der Waals surface area contributed by atoms with Gasteiger partial charge in [-0.3, -0.25) is 9.59 Å². The van der Waals surface area contributed by atoms with Gasteiger partial charge in [-0.2, -0.15) is 0 Å². The Morgan fingerprint density at radius 3 is 2.46 bits per heavy atom. The number of benzene rings is 1. The number of ether oxygens (including phenoxy) is 1. The van der Waals surface area contributed by atoms with E-state index in [-0.39, 0.29) is 18.2 Å². The van der Waals surface area contributed by atoms with E-state index in [4.69, 9.17) is 4.74 Å². The van der Waals surface area contributed by atoms with Crippen LogP contribution in [-0.4, -0.2) is 56.1 Å². The molecule has 2 heterocycles. The molecule has 3 rings (SSSR count). The van der Waals surface area contributed by atoms with Crippen molar-refractivity contribution in [1.82, 2.24) is 4.90 Å². The summed E-state index contributed by atoms with van der Waals surface area (Å²) in [5.41, 5.74) is 1.75. The maximum absolute atomic E-state index is 12.3. The summed E-state index contributed by atoms with van der Waals surface area (Å²) in [5.74, 6) is -0.317. The van der Waals surface area contributed by atoms with Gasteiger partial charge in [0.25, 0.3) is 0 Å². The zero-order chi connectivity index (χ0) is 16.8. The fourth-order valence-electron chi connectivity index (χ4n) is 3.25. The van der Waals surface area contributed by atoms with E-state index < -0.39 is 0 Å². The SMILES string of the molecule is O=C(CC(=O)N1CCCCC1)Nc1ccccc1N1CCOCC1. The van der Waals surface area contributed by atoms with E-state index >= 15 is 0 Å². The highest BCUT2D eigenvalue weighted by Gasteiger charge is 2.21. The molecule has 2 aliphatic heterocycles. The largest absolute Gasteiger partial charge is 0.378 e. The first-order chi connectivity index (χ1) is 11.7. The van der Waals surface area contributed by atoms with Gasteiger partial charge in [0.05, 0.1) is 24.6 Å². The fourth-order valence-corrected chi connectivity index (χ4v) is 3.25. The lowest BCUT2D eigenvalue weighted by atomic mass is 10.1. The number of nitrogens with one attached hydrogen (secondary N) is 1. The van der Waals surface area contributed by atoms with Gasteiger partial charge in [-0.05, 0) is 31.4 Å². The summed E-state index contributed by atoms with van der Waals surface area (Å²) in [6.07, 6.45) is 3.15. The lowest BCUT2D eigenvalue weighted by molar-refractivity contribution is -0.135. The van der Waals surface area contributed by atoms with Crippen LogP contribution in [0.1, 0.15) is 25.7 Å². The number of carbonyl (C=O) groups is 2. The Morgan fingerprint density at radius 2 is 1.71 bits per heavy atom. The molecule has 2 amide bonds. The number of hydrogen-bond donors (Lipinski definition) is 1. The van der Waals surface area contributed by atoms with Crippen LogP contribution < -0.4 is 10.2 Å². The van der Waals surface area contributed by atoms with Gasteiger partial charge in [0, 0.05) is 26.2 Å². The zero-order valence-electron chi connectivity index (χ0n) is 14.0. The van der Waals surface area contributed by atoms with E-state index in [2.05, 4.69) is 10.2 Å². The smallest absolute Gasteiger partial charge is 0.233 e. The van der Waals surface area contributed by atoms with Gasteiger partial charge in [0.2, 0.25) is 11.8 Å². The second kappa shape index (κ2) is 8.15. The first-order valence-corrected chi connectivity index (χ1v) is 8.73. The third kappa shape index (κ3) is 4.26. The second-order valence-electron chi connectivity index (χ2n) is 6.28. The quantitative estimate of drug-likeness (QED) is 0.856. The molecule has 130 valence electrons. The molecule has 0 spiro atoms. The van der Waals surface area contributed by atoms with Gasteiger partial charge in [-0.15, -0.1) is 0 Å². The molecule has 2 saturated heterocycles. The highest BCUT2D eigenvalue weighted by molar-refractivity contribution is 6.04. The number of amides is 2. The number of hydrogen-bond acceptors (Lipinski definition) is 4. The van der Waals surface area contributed by atoms with Crippen LogP contribution in [0.5, 0.6) is 0 Å². The standard InChI is InChI=1S/C18H25N3O3/c22-17(14-18(23)21-8-4-1-5-9-21)19-15-6-2-3-7-16(15)20-10-12-24-13-11-20/h2-3,6-7H,1,4-5,8-14H2,(H,19,22). The number of morpholine rings is 1. The van der Waals surface area contributed by atoms with E-state index in [9.17, 15) is 9.59 Å². The van der Waals surface area contributed by atoms with E-state index in [1.54, 1.807) is 4.90 Å². The minimum absolute atomic E-state index is 0.0731. The van der Waals surface area contributed by atoms with Crippen LogP contribution >= 0.6 is 0 Å². The number of rotatable bonds is 4. The molecule has 0 unspecified atom stereocenters. The molecular weight excluding hydrogens is 306 g/mol. The van der Waals surface area contributed by atoms with Crippen LogP contribution in [0.15, 0.2) is 24.3 Å². The molecule has 6 nitrogen and oxygen atoms in total. The van der Waals surface area contributed by atoms with E-state index in [0.717, 1.165) is 50.4 Å². The summed E-state index contributed by atoms with van der Waals surface area (Å²) in [6, 6.07) is 7.73. The molecule has 0 atom stereocenters.